The monoisotopic (exact) mass is 454 g/mol. The summed E-state index contributed by atoms with van der Waals surface area (Å²) in [4.78, 5) is 12.4. The molecule has 3 rings (SSSR count). The number of carbonyl (C=O) groups is 1. The van der Waals surface area contributed by atoms with E-state index in [9.17, 15) is 4.79 Å². The Morgan fingerprint density at radius 2 is 1.73 bits per heavy atom. The van der Waals surface area contributed by atoms with Crippen LogP contribution in [0.3, 0.4) is 0 Å². The van der Waals surface area contributed by atoms with Crippen molar-refractivity contribution in [2.24, 2.45) is 17.3 Å². The largest absolute Gasteiger partial charge is 0.349 e. The van der Waals surface area contributed by atoms with Crippen LogP contribution in [-0.4, -0.2) is 40.9 Å². The molecule has 3 aliphatic rings. The van der Waals surface area contributed by atoms with E-state index < -0.39 is 5.79 Å². The summed E-state index contributed by atoms with van der Waals surface area (Å²) < 4.78 is 13.6. The van der Waals surface area contributed by atoms with Gasteiger partial charge in [0, 0.05) is 35.7 Å². The zero-order valence-electron chi connectivity index (χ0n) is 19.3. The standard InChI is InChI=1S/C25H42O3S2/c1-4-5-6-7-8-9-21(26)11-10-20-14-15-25(27-18-24(2,3)19-28-25)22(20)12-13-23-29-16-17-30-23/h10-11,20,22-23H,4-9,12-19H2,1-3H3/t20-,22+/m0/s1. The molecule has 0 bridgehead atoms. The summed E-state index contributed by atoms with van der Waals surface area (Å²) in [5.74, 6) is 3.18. The molecule has 5 heteroatoms. The molecule has 0 unspecified atom stereocenters. The number of carbonyl (C=O) groups excluding carboxylic acids is 1. The first-order chi connectivity index (χ1) is 14.4. The second kappa shape index (κ2) is 11.8. The Labute approximate surface area is 192 Å². The van der Waals surface area contributed by atoms with Crippen molar-refractivity contribution < 1.29 is 14.3 Å². The average Bonchev–Trinajstić information content (AvgIpc) is 3.35. The van der Waals surface area contributed by atoms with Gasteiger partial charge in [-0.25, -0.2) is 0 Å². The number of thioether (sulfide) groups is 2. The fourth-order valence-electron chi connectivity index (χ4n) is 4.93. The van der Waals surface area contributed by atoms with E-state index in [1.165, 1.54) is 43.6 Å². The number of allylic oxidation sites excluding steroid dienone is 2. The normalized spacial score (nSPS) is 28.6. The third kappa shape index (κ3) is 7.02. The Kier molecular flexibility index (Phi) is 9.67. The van der Waals surface area contributed by atoms with Crippen molar-refractivity contribution in [3.05, 3.63) is 12.2 Å². The molecule has 2 heterocycles. The van der Waals surface area contributed by atoms with E-state index in [4.69, 9.17) is 9.47 Å². The molecule has 1 aliphatic carbocycles. The quantitative estimate of drug-likeness (QED) is 0.252. The number of rotatable bonds is 11. The molecule has 30 heavy (non-hydrogen) atoms. The fraction of sp³-hybridized carbons (Fsp3) is 0.880. The first-order valence-electron chi connectivity index (χ1n) is 12.2. The van der Waals surface area contributed by atoms with Gasteiger partial charge in [-0.3, -0.25) is 4.79 Å². The van der Waals surface area contributed by atoms with Crippen LogP contribution in [0.1, 0.15) is 85.0 Å². The van der Waals surface area contributed by atoms with E-state index in [0.717, 1.165) is 43.5 Å². The minimum atomic E-state index is -0.429. The van der Waals surface area contributed by atoms with Crippen LogP contribution in [0.4, 0.5) is 0 Å². The van der Waals surface area contributed by atoms with Gasteiger partial charge in [0.15, 0.2) is 11.6 Å². The first kappa shape index (κ1) is 24.7. The van der Waals surface area contributed by atoms with Crippen molar-refractivity contribution in [2.75, 3.05) is 24.7 Å². The molecule has 2 aliphatic heterocycles. The van der Waals surface area contributed by atoms with Crippen molar-refractivity contribution in [2.45, 2.75) is 95.3 Å². The molecule has 0 aromatic carbocycles. The number of hydrogen-bond donors (Lipinski definition) is 0. The minimum Gasteiger partial charge on any atom is -0.349 e. The van der Waals surface area contributed by atoms with Gasteiger partial charge in [-0.1, -0.05) is 52.5 Å². The van der Waals surface area contributed by atoms with Crippen LogP contribution < -0.4 is 0 Å². The third-order valence-electron chi connectivity index (χ3n) is 6.78. The van der Waals surface area contributed by atoms with Crippen molar-refractivity contribution in [1.29, 1.82) is 0 Å². The molecular formula is C25H42O3S2. The summed E-state index contributed by atoms with van der Waals surface area (Å²) in [5, 5.41) is 0. The molecule has 172 valence electrons. The van der Waals surface area contributed by atoms with Crippen molar-refractivity contribution in [1.82, 2.24) is 0 Å². The Morgan fingerprint density at radius 1 is 1.03 bits per heavy atom. The first-order valence-corrected chi connectivity index (χ1v) is 14.3. The van der Waals surface area contributed by atoms with E-state index in [0.29, 0.717) is 24.0 Å². The summed E-state index contributed by atoms with van der Waals surface area (Å²) in [6.07, 6.45) is 15.1. The lowest BCUT2D eigenvalue weighted by atomic mass is 9.86. The number of ether oxygens (including phenoxy) is 2. The molecule has 2 atom stereocenters. The lowest BCUT2D eigenvalue weighted by Crippen LogP contribution is -2.50. The summed E-state index contributed by atoms with van der Waals surface area (Å²) in [6.45, 7) is 8.19. The Balaban J connectivity index is 1.56. The van der Waals surface area contributed by atoms with Gasteiger partial charge < -0.3 is 9.47 Å². The highest BCUT2D eigenvalue weighted by molar-refractivity contribution is 8.20. The molecule has 2 saturated heterocycles. The molecular weight excluding hydrogens is 412 g/mol. The van der Waals surface area contributed by atoms with Gasteiger partial charge >= 0.3 is 0 Å². The predicted octanol–water partition coefficient (Wildman–Crippen LogP) is 6.85. The van der Waals surface area contributed by atoms with Crippen LogP contribution in [-0.2, 0) is 14.3 Å². The topological polar surface area (TPSA) is 35.5 Å². The van der Waals surface area contributed by atoms with Gasteiger partial charge in [-0.2, -0.15) is 0 Å². The van der Waals surface area contributed by atoms with Crippen molar-refractivity contribution in [3.63, 3.8) is 0 Å². The molecule has 0 amide bonds. The van der Waals surface area contributed by atoms with Crippen LogP contribution >= 0.6 is 23.5 Å². The van der Waals surface area contributed by atoms with E-state index in [2.05, 4.69) is 50.4 Å². The highest BCUT2D eigenvalue weighted by Crippen LogP contribution is 2.51. The molecule has 1 saturated carbocycles. The summed E-state index contributed by atoms with van der Waals surface area (Å²) in [6, 6.07) is 0. The fourth-order valence-corrected chi connectivity index (χ4v) is 7.79. The summed E-state index contributed by atoms with van der Waals surface area (Å²) in [7, 11) is 0. The van der Waals surface area contributed by atoms with Gasteiger partial charge in [0.2, 0.25) is 0 Å². The van der Waals surface area contributed by atoms with Crippen molar-refractivity contribution in [3.8, 4) is 0 Å². The van der Waals surface area contributed by atoms with Crippen LogP contribution in [0.25, 0.3) is 0 Å². The maximum absolute atomic E-state index is 12.4. The van der Waals surface area contributed by atoms with Gasteiger partial charge in [0.25, 0.3) is 0 Å². The summed E-state index contributed by atoms with van der Waals surface area (Å²) >= 11 is 4.21. The van der Waals surface area contributed by atoms with Crippen molar-refractivity contribution >= 4 is 29.3 Å². The number of hydrogen-bond acceptors (Lipinski definition) is 5. The number of ketones is 1. The van der Waals surface area contributed by atoms with Crippen LogP contribution in [0.15, 0.2) is 12.2 Å². The van der Waals surface area contributed by atoms with Gasteiger partial charge in [0.1, 0.15) is 0 Å². The Hall–Kier alpha value is 0.0300. The average molecular weight is 455 g/mol. The molecule has 1 spiro atoms. The Morgan fingerprint density at radius 3 is 2.43 bits per heavy atom. The lowest BCUT2D eigenvalue weighted by molar-refractivity contribution is -0.316. The predicted molar refractivity (Wildman–Crippen MR) is 130 cm³/mol. The SMILES string of the molecule is CCCCCCCC(=O)C=C[C@H]1CCC2(OCC(C)(C)CO2)[C@@H]1CCC1SCCS1. The second-order valence-electron chi connectivity index (χ2n) is 10.1. The Bertz CT molecular complexity index is 559. The summed E-state index contributed by atoms with van der Waals surface area (Å²) in [5.41, 5.74) is 0.0919. The third-order valence-corrected chi connectivity index (χ3v) is 9.95. The zero-order valence-corrected chi connectivity index (χ0v) is 21.0. The minimum absolute atomic E-state index is 0.0919. The highest BCUT2D eigenvalue weighted by Gasteiger charge is 2.52. The van der Waals surface area contributed by atoms with E-state index in [1.807, 2.05) is 6.08 Å². The molecule has 3 nitrogen and oxygen atoms in total. The zero-order chi connectivity index (χ0) is 21.5. The van der Waals surface area contributed by atoms with Crippen LogP contribution in [0, 0.1) is 17.3 Å². The van der Waals surface area contributed by atoms with Crippen LogP contribution in [0.2, 0.25) is 0 Å². The van der Waals surface area contributed by atoms with Crippen LogP contribution in [0.5, 0.6) is 0 Å². The number of unbranched alkanes of at least 4 members (excludes halogenated alkanes) is 4. The second-order valence-corrected chi connectivity index (χ2v) is 13.0. The molecule has 0 N–H and O–H groups in total. The molecule has 0 aromatic heterocycles. The smallest absolute Gasteiger partial charge is 0.171 e. The molecule has 0 aromatic rings. The van der Waals surface area contributed by atoms with Gasteiger partial charge in [-0.05, 0) is 37.7 Å². The lowest BCUT2D eigenvalue weighted by Gasteiger charge is -2.45. The maximum atomic E-state index is 12.4. The van der Waals surface area contributed by atoms with E-state index >= 15 is 0 Å². The highest BCUT2D eigenvalue weighted by atomic mass is 32.2. The van der Waals surface area contributed by atoms with Gasteiger partial charge in [-0.15, -0.1) is 23.5 Å². The van der Waals surface area contributed by atoms with E-state index in [1.54, 1.807) is 0 Å². The molecule has 0 radical (unpaired) electrons. The van der Waals surface area contributed by atoms with Gasteiger partial charge in [0.05, 0.1) is 17.8 Å². The maximum Gasteiger partial charge on any atom is 0.171 e. The molecule has 3 fully saturated rings. The van der Waals surface area contributed by atoms with E-state index in [-0.39, 0.29) is 5.41 Å².